The molecule has 29 heavy (non-hydrogen) atoms. The third-order valence-electron chi connectivity index (χ3n) is 6.10. The number of piperazine rings is 1. The highest BCUT2D eigenvalue weighted by Gasteiger charge is 2.28. The molecule has 1 aliphatic heterocycles. The van der Waals surface area contributed by atoms with Gasteiger partial charge in [0.15, 0.2) is 5.96 Å². The average Bonchev–Trinajstić information content (AvgIpc) is 2.74. The van der Waals surface area contributed by atoms with Crippen molar-refractivity contribution < 1.29 is 4.79 Å². The van der Waals surface area contributed by atoms with E-state index in [4.69, 9.17) is 0 Å². The Kier molecular flexibility index (Phi) is 11.6. The van der Waals surface area contributed by atoms with Gasteiger partial charge in [0.1, 0.15) is 0 Å². The highest BCUT2D eigenvalue weighted by atomic mass is 127. The molecule has 0 aromatic heterocycles. The smallest absolute Gasteiger partial charge is 0.219 e. The van der Waals surface area contributed by atoms with Crippen molar-refractivity contribution in [3.8, 4) is 0 Å². The fourth-order valence-electron chi connectivity index (χ4n) is 3.89. The number of hydrogen-bond donors (Lipinski definition) is 2. The van der Waals surface area contributed by atoms with E-state index in [-0.39, 0.29) is 35.3 Å². The number of guanidine groups is 1. The van der Waals surface area contributed by atoms with Gasteiger partial charge >= 0.3 is 0 Å². The number of aliphatic imine (C=N–C) groups is 1. The summed E-state index contributed by atoms with van der Waals surface area (Å²) in [6, 6.07) is 10.8. The molecule has 0 bridgehead atoms. The highest BCUT2D eigenvalue weighted by Crippen LogP contribution is 2.30. The van der Waals surface area contributed by atoms with Gasteiger partial charge in [-0.2, -0.15) is 0 Å². The molecule has 0 atom stereocenters. The van der Waals surface area contributed by atoms with E-state index in [0.717, 1.165) is 64.6 Å². The fraction of sp³-hybridized carbons (Fsp3) is 0.636. The average molecular weight is 515 g/mol. The quantitative estimate of drug-likeness (QED) is 0.318. The van der Waals surface area contributed by atoms with E-state index in [2.05, 4.69) is 64.7 Å². The van der Waals surface area contributed by atoms with Gasteiger partial charge in [0.05, 0.1) is 0 Å². The maximum atomic E-state index is 11.4. The van der Waals surface area contributed by atoms with Crippen LogP contribution < -0.4 is 10.6 Å². The van der Waals surface area contributed by atoms with E-state index in [1.807, 2.05) is 11.9 Å². The first-order chi connectivity index (χ1) is 13.5. The van der Waals surface area contributed by atoms with E-state index >= 15 is 0 Å². The Bertz CT molecular complexity index is 625. The Labute approximate surface area is 193 Å². The third-order valence-corrected chi connectivity index (χ3v) is 6.10. The topological polar surface area (TPSA) is 60.0 Å². The molecule has 0 spiro atoms. The van der Waals surface area contributed by atoms with Gasteiger partial charge in [0.25, 0.3) is 0 Å². The number of carbonyl (C=O) groups is 1. The summed E-state index contributed by atoms with van der Waals surface area (Å²) in [5, 5.41) is 6.98. The molecule has 164 valence electrons. The molecule has 7 heteroatoms. The zero-order chi connectivity index (χ0) is 20.4. The van der Waals surface area contributed by atoms with Crippen LogP contribution in [-0.4, -0.2) is 74.5 Å². The molecule has 1 saturated heterocycles. The Morgan fingerprint density at radius 3 is 2.21 bits per heavy atom. The van der Waals surface area contributed by atoms with Gasteiger partial charge < -0.3 is 15.5 Å². The molecule has 1 heterocycles. The standard InChI is InChI=1S/C22H37N5O.HI/c1-5-22(6-2,20-10-8-7-9-11-20)18-25-21(23-4)24-12-13-26-14-16-27(17-15-26)19(3)28;/h7-11H,5-6,12-18H2,1-4H3,(H2,23,24,25);1H. The van der Waals surface area contributed by atoms with Crippen LogP contribution in [0.15, 0.2) is 35.3 Å². The van der Waals surface area contributed by atoms with Gasteiger partial charge in [-0.25, -0.2) is 0 Å². The van der Waals surface area contributed by atoms with Gasteiger partial charge in [-0.05, 0) is 18.4 Å². The molecule has 2 rings (SSSR count). The van der Waals surface area contributed by atoms with Crippen molar-refractivity contribution in [1.29, 1.82) is 0 Å². The summed E-state index contributed by atoms with van der Waals surface area (Å²) >= 11 is 0. The largest absolute Gasteiger partial charge is 0.356 e. The highest BCUT2D eigenvalue weighted by molar-refractivity contribution is 14.0. The molecule has 1 aliphatic rings. The summed E-state index contributed by atoms with van der Waals surface area (Å²) in [6.45, 7) is 12.4. The molecule has 1 aromatic carbocycles. The molecule has 1 aromatic rings. The van der Waals surface area contributed by atoms with Crippen molar-refractivity contribution in [2.24, 2.45) is 4.99 Å². The zero-order valence-corrected chi connectivity index (χ0v) is 20.7. The van der Waals surface area contributed by atoms with Crippen LogP contribution in [0.4, 0.5) is 0 Å². The maximum absolute atomic E-state index is 11.4. The summed E-state index contributed by atoms with van der Waals surface area (Å²) in [7, 11) is 1.82. The molecule has 1 amide bonds. The molecule has 0 saturated carbocycles. The van der Waals surface area contributed by atoms with E-state index in [1.165, 1.54) is 5.56 Å². The van der Waals surface area contributed by atoms with Crippen molar-refractivity contribution in [3.05, 3.63) is 35.9 Å². The van der Waals surface area contributed by atoms with Crippen molar-refractivity contribution in [3.63, 3.8) is 0 Å². The molecule has 1 fully saturated rings. The molecule has 0 aliphatic carbocycles. The van der Waals surface area contributed by atoms with E-state index in [1.54, 1.807) is 6.92 Å². The van der Waals surface area contributed by atoms with Gasteiger partial charge in [0, 0.05) is 65.2 Å². The molecule has 6 nitrogen and oxygen atoms in total. The number of halogens is 1. The van der Waals surface area contributed by atoms with Crippen LogP contribution in [0.1, 0.15) is 39.2 Å². The molecule has 0 radical (unpaired) electrons. The first-order valence-corrected chi connectivity index (χ1v) is 10.5. The van der Waals surface area contributed by atoms with Crippen molar-refractivity contribution in [2.75, 3.05) is 52.9 Å². The molecule has 2 N–H and O–H groups in total. The maximum Gasteiger partial charge on any atom is 0.219 e. The molecule has 0 unspecified atom stereocenters. The van der Waals surface area contributed by atoms with Crippen LogP contribution in [0.3, 0.4) is 0 Å². The SMILES string of the molecule is CCC(CC)(CNC(=NC)NCCN1CCN(C(C)=O)CC1)c1ccccc1.I. The molecular formula is C22H38IN5O. The van der Waals surface area contributed by atoms with Crippen molar-refractivity contribution in [1.82, 2.24) is 20.4 Å². The second-order valence-electron chi connectivity index (χ2n) is 7.55. The van der Waals surface area contributed by atoms with Crippen molar-refractivity contribution >= 4 is 35.8 Å². The first kappa shape index (κ1) is 25.7. The molecular weight excluding hydrogens is 477 g/mol. The van der Waals surface area contributed by atoms with Crippen molar-refractivity contribution in [2.45, 2.75) is 39.0 Å². The number of rotatable bonds is 8. The normalized spacial score (nSPS) is 15.6. The number of amides is 1. The lowest BCUT2D eigenvalue weighted by Crippen LogP contribution is -2.51. The summed E-state index contributed by atoms with van der Waals surface area (Å²) in [5.74, 6) is 1.03. The Morgan fingerprint density at radius 1 is 1.07 bits per heavy atom. The minimum Gasteiger partial charge on any atom is -0.356 e. The predicted octanol–water partition coefficient (Wildman–Crippen LogP) is 2.69. The Balaban J connectivity index is 0.00000420. The summed E-state index contributed by atoms with van der Waals surface area (Å²) in [6.07, 6.45) is 2.16. The van der Waals surface area contributed by atoms with Crippen LogP contribution in [0.25, 0.3) is 0 Å². The number of nitrogens with zero attached hydrogens (tertiary/aromatic N) is 3. The summed E-state index contributed by atoms with van der Waals surface area (Å²) in [5.41, 5.74) is 1.49. The van der Waals surface area contributed by atoms with Crippen LogP contribution in [-0.2, 0) is 10.2 Å². The third kappa shape index (κ3) is 7.44. The Hall–Kier alpha value is -1.35. The fourth-order valence-corrected chi connectivity index (χ4v) is 3.89. The van der Waals surface area contributed by atoms with Gasteiger partial charge in [0.2, 0.25) is 5.91 Å². The number of nitrogens with one attached hydrogen (secondary N) is 2. The number of hydrogen-bond acceptors (Lipinski definition) is 3. The lowest BCUT2D eigenvalue weighted by atomic mass is 9.76. The summed E-state index contributed by atoms with van der Waals surface area (Å²) in [4.78, 5) is 20.1. The minimum atomic E-state index is 0. The number of carbonyl (C=O) groups excluding carboxylic acids is 1. The van der Waals surface area contributed by atoms with Gasteiger partial charge in [-0.15, -0.1) is 24.0 Å². The minimum absolute atomic E-state index is 0. The van der Waals surface area contributed by atoms with E-state index in [0.29, 0.717) is 0 Å². The van der Waals surface area contributed by atoms with E-state index < -0.39 is 0 Å². The van der Waals surface area contributed by atoms with Crippen LogP contribution in [0, 0.1) is 0 Å². The second kappa shape index (κ2) is 13.1. The summed E-state index contributed by atoms with van der Waals surface area (Å²) < 4.78 is 0. The monoisotopic (exact) mass is 515 g/mol. The lowest BCUT2D eigenvalue weighted by molar-refractivity contribution is -0.130. The second-order valence-corrected chi connectivity index (χ2v) is 7.55. The van der Waals surface area contributed by atoms with Crippen LogP contribution >= 0.6 is 24.0 Å². The van der Waals surface area contributed by atoms with Gasteiger partial charge in [-0.1, -0.05) is 44.2 Å². The van der Waals surface area contributed by atoms with E-state index in [9.17, 15) is 4.79 Å². The zero-order valence-electron chi connectivity index (χ0n) is 18.4. The predicted molar refractivity (Wildman–Crippen MR) is 132 cm³/mol. The van der Waals surface area contributed by atoms with Gasteiger partial charge in [-0.3, -0.25) is 14.7 Å². The lowest BCUT2D eigenvalue weighted by Gasteiger charge is -2.34. The number of benzene rings is 1. The van der Waals surface area contributed by atoms with Crippen LogP contribution in [0.5, 0.6) is 0 Å². The first-order valence-electron chi connectivity index (χ1n) is 10.5. The van der Waals surface area contributed by atoms with Crippen LogP contribution in [0.2, 0.25) is 0 Å². The Morgan fingerprint density at radius 2 is 1.69 bits per heavy atom.